The number of hydrogen-bond acceptors (Lipinski definition) is 6. The molecule has 7 N–H and O–H groups in total. The molecule has 0 fully saturated rings. The zero-order valence-corrected chi connectivity index (χ0v) is 11.5. The fourth-order valence-electron chi connectivity index (χ4n) is 1.06. The summed E-state index contributed by atoms with van der Waals surface area (Å²) < 4.78 is 0. The first-order valence-corrected chi connectivity index (χ1v) is 5.53. The van der Waals surface area contributed by atoms with Gasteiger partial charge in [-0.15, -0.1) is 0 Å². The van der Waals surface area contributed by atoms with Gasteiger partial charge >= 0.3 is 0 Å². The zero-order valence-electron chi connectivity index (χ0n) is 10.8. The summed E-state index contributed by atoms with van der Waals surface area (Å²) in [6.45, 7) is 2.44. The maximum Gasteiger partial charge on any atom is 0.280 e. The molecule has 0 saturated carbocycles. The Labute approximate surface area is 116 Å². The fraction of sp³-hybridized carbons (Fsp3) is 0.300. The van der Waals surface area contributed by atoms with E-state index in [1.807, 2.05) is 6.92 Å². The third-order valence-electron chi connectivity index (χ3n) is 1.87. The van der Waals surface area contributed by atoms with Crippen molar-refractivity contribution in [1.29, 1.82) is 0 Å². The second kappa shape index (κ2) is 7.37. The molecule has 0 aliphatic rings. The van der Waals surface area contributed by atoms with Crippen LogP contribution in [0.3, 0.4) is 0 Å². The largest absolute Gasteiger partial charge is 0.382 e. The lowest BCUT2D eigenvalue weighted by atomic mass is 10.4. The van der Waals surface area contributed by atoms with Gasteiger partial charge in [0.25, 0.3) is 5.91 Å². The highest BCUT2D eigenvalue weighted by molar-refractivity contribution is 6.31. The van der Waals surface area contributed by atoms with Crippen molar-refractivity contribution in [3.05, 3.63) is 18.3 Å². The molecule has 9 heteroatoms. The number of aromatic nitrogens is 2. The number of halogens is 1. The molecule has 0 unspecified atom stereocenters. The molecule has 0 aliphatic carbocycles. The van der Waals surface area contributed by atoms with E-state index in [0.717, 1.165) is 6.42 Å². The predicted octanol–water partition coefficient (Wildman–Crippen LogP) is 0.199. The molecule has 0 atom stereocenters. The van der Waals surface area contributed by atoms with Gasteiger partial charge in [-0.3, -0.25) is 15.1 Å². The van der Waals surface area contributed by atoms with Gasteiger partial charge in [0.1, 0.15) is 0 Å². The lowest BCUT2D eigenvalue weighted by Crippen LogP contribution is -2.38. The Kier molecular flexibility index (Phi) is 6.56. The third-order valence-corrected chi connectivity index (χ3v) is 2.15. The maximum atomic E-state index is 11.7. The van der Waals surface area contributed by atoms with Crippen LogP contribution in [0.25, 0.3) is 0 Å². The van der Waals surface area contributed by atoms with Gasteiger partial charge in [-0.05, 0) is 6.42 Å². The van der Waals surface area contributed by atoms with Crippen LogP contribution in [0.2, 0.25) is 5.15 Å². The molecule has 0 aliphatic heterocycles. The number of nitrogens with two attached hydrogens (primary N) is 3. The number of hydrogen-bond donors (Lipinski definition) is 4. The second-order valence-electron chi connectivity index (χ2n) is 3.35. The normalized spacial score (nSPS) is 10.7. The van der Waals surface area contributed by atoms with Crippen molar-refractivity contribution >= 4 is 35.1 Å². The van der Waals surface area contributed by atoms with Crippen LogP contribution in [0, 0.1) is 7.43 Å². The standard InChI is InChI=1S/C9H14ClN7O.CH3/c1-2-3-14-9(13)17-8(18)4-6(11)16-7(12)5(10)15-4;/h2-3H2,1H3,(H4,11,12,16)(H3,13,14,17,18);1H3/q;-1. The fourth-order valence-corrected chi connectivity index (χ4v) is 1.18. The monoisotopic (exact) mass is 286 g/mol. The van der Waals surface area contributed by atoms with Crippen molar-refractivity contribution in [3.63, 3.8) is 0 Å². The Bertz CT molecular complexity index is 489. The molecule has 0 radical (unpaired) electrons. The quantitative estimate of drug-likeness (QED) is 0.355. The molecule has 8 nitrogen and oxygen atoms in total. The van der Waals surface area contributed by atoms with Gasteiger partial charge in [0.15, 0.2) is 28.4 Å². The summed E-state index contributed by atoms with van der Waals surface area (Å²) in [5.41, 5.74) is 16.2. The van der Waals surface area contributed by atoms with Crippen LogP contribution in [0.4, 0.5) is 11.6 Å². The number of nitrogen functional groups attached to an aromatic ring is 2. The average molecular weight is 287 g/mol. The molecular formula is C10H17ClN7O-. The van der Waals surface area contributed by atoms with Crippen molar-refractivity contribution < 1.29 is 4.79 Å². The molecular weight excluding hydrogens is 270 g/mol. The summed E-state index contributed by atoms with van der Waals surface area (Å²) in [5.74, 6) is -0.828. The number of carbonyl (C=O) groups excluding carboxylic acids is 1. The van der Waals surface area contributed by atoms with E-state index in [1.54, 1.807) is 0 Å². The molecule has 0 saturated heterocycles. The van der Waals surface area contributed by atoms with E-state index >= 15 is 0 Å². The molecule has 1 aromatic rings. The minimum absolute atomic E-state index is 0. The summed E-state index contributed by atoms with van der Waals surface area (Å²) in [5, 5.41) is 2.23. The summed E-state index contributed by atoms with van der Waals surface area (Å²) in [4.78, 5) is 23.1. The maximum absolute atomic E-state index is 11.7. The highest BCUT2D eigenvalue weighted by atomic mass is 35.5. The van der Waals surface area contributed by atoms with E-state index in [4.69, 9.17) is 28.8 Å². The lowest BCUT2D eigenvalue weighted by molar-refractivity contribution is 0.0972. The van der Waals surface area contributed by atoms with Crippen LogP contribution in [0.5, 0.6) is 0 Å². The number of carbonyl (C=O) groups is 1. The Balaban J connectivity index is 0.00000324. The highest BCUT2D eigenvalue weighted by Crippen LogP contribution is 2.16. The molecule has 0 aromatic carbocycles. The Morgan fingerprint density at radius 3 is 2.58 bits per heavy atom. The number of anilines is 2. The SMILES string of the molecule is CCCN=C(N)NC(=O)c1nc(Cl)c(N)nc1N.[CH3-]. The van der Waals surface area contributed by atoms with E-state index in [0.29, 0.717) is 6.54 Å². The lowest BCUT2D eigenvalue weighted by Gasteiger charge is -2.07. The molecule has 0 bridgehead atoms. The summed E-state index contributed by atoms with van der Waals surface area (Å²) >= 11 is 5.65. The number of aliphatic imine (C=N–C) groups is 1. The van der Waals surface area contributed by atoms with Crippen LogP contribution in [0.15, 0.2) is 4.99 Å². The summed E-state index contributed by atoms with van der Waals surface area (Å²) in [6.07, 6.45) is 0.812. The van der Waals surface area contributed by atoms with Crippen LogP contribution in [-0.4, -0.2) is 28.4 Å². The van der Waals surface area contributed by atoms with Gasteiger partial charge in [0.2, 0.25) is 0 Å². The van der Waals surface area contributed by atoms with Crippen molar-refractivity contribution in [2.45, 2.75) is 13.3 Å². The average Bonchev–Trinajstić information content (AvgIpc) is 2.31. The van der Waals surface area contributed by atoms with Crippen LogP contribution < -0.4 is 22.5 Å². The zero-order chi connectivity index (χ0) is 13.7. The Hall–Kier alpha value is -2.09. The second-order valence-corrected chi connectivity index (χ2v) is 3.71. The minimum atomic E-state index is -0.640. The predicted molar refractivity (Wildman–Crippen MR) is 76.5 cm³/mol. The topological polar surface area (TPSA) is 145 Å². The van der Waals surface area contributed by atoms with Gasteiger partial charge in [-0.25, -0.2) is 9.97 Å². The molecule has 19 heavy (non-hydrogen) atoms. The number of nitrogens with one attached hydrogen (secondary N) is 1. The number of rotatable bonds is 3. The molecule has 1 rings (SSSR count). The molecule has 1 heterocycles. The minimum Gasteiger partial charge on any atom is -0.382 e. The number of guanidine groups is 1. The first kappa shape index (κ1) is 16.9. The van der Waals surface area contributed by atoms with Crippen molar-refractivity contribution in [3.8, 4) is 0 Å². The van der Waals surface area contributed by atoms with Crippen LogP contribution in [-0.2, 0) is 0 Å². The smallest absolute Gasteiger partial charge is 0.280 e. The van der Waals surface area contributed by atoms with Gasteiger partial charge in [-0.2, -0.15) is 0 Å². The van der Waals surface area contributed by atoms with E-state index in [2.05, 4.69) is 20.3 Å². The van der Waals surface area contributed by atoms with Crippen LogP contribution >= 0.6 is 11.6 Å². The van der Waals surface area contributed by atoms with Crippen molar-refractivity contribution in [1.82, 2.24) is 15.3 Å². The van der Waals surface area contributed by atoms with E-state index in [1.165, 1.54) is 0 Å². The van der Waals surface area contributed by atoms with Crippen molar-refractivity contribution in [2.24, 2.45) is 10.7 Å². The first-order valence-electron chi connectivity index (χ1n) is 5.15. The van der Waals surface area contributed by atoms with Gasteiger partial charge < -0.3 is 24.6 Å². The Morgan fingerprint density at radius 1 is 1.37 bits per heavy atom. The molecule has 0 spiro atoms. The van der Waals surface area contributed by atoms with Gasteiger partial charge in [-0.1, -0.05) is 18.5 Å². The molecule has 1 amide bonds. The Morgan fingerprint density at radius 2 is 2.00 bits per heavy atom. The highest BCUT2D eigenvalue weighted by Gasteiger charge is 2.16. The third kappa shape index (κ3) is 4.59. The molecule has 106 valence electrons. The van der Waals surface area contributed by atoms with E-state index in [-0.39, 0.29) is 35.9 Å². The van der Waals surface area contributed by atoms with Gasteiger partial charge in [0, 0.05) is 6.54 Å². The van der Waals surface area contributed by atoms with Crippen molar-refractivity contribution in [2.75, 3.05) is 18.0 Å². The van der Waals surface area contributed by atoms with Gasteiger partial charge in [0.05, 0.1) is 0 Å². The summed E-state index contributed by atoms with van der Waals surface area (Å²) in [7, 11) is 0. The van der Waals surface area contributed by atoms with E-state index < -0.39 is 5.91 Å². The molecule has 1 aromatic heterocycles. The van der Waals surface area contributed by atoms with E-state index in [9.17, 15) is 4.79 Å². The number of amides is 1. The first-order chi connectivity index (χ1) is 8.45. The van der Waals surface area contributed by atoms with Crippen LogP contribution in [0.1, 0.15) is 23.8 Å². The number of nitrogens with zero attached hydrogens (tertiary/aromatic N) is 3. The summed E-state index contributed by atoms with van der Waals surface area (Å²) in [6, 6.07) is 0.